The van der Waals surface area contributed by atoms with Gasteiger partial charge in [-0.2, -0.15) is 5.10 Å². The van der Waals surface area contributed by atoms with Gasteiger partial charge in [0.1, 0.15) is 0 Å². The van der Waals surface area contributed by atoms with Gasteiger partial charge < -0.3 is 9.80 Å². The van der Waals surface area contributed by atoms with Crippen molar-refractivity contribution in [3.63, 3.8) is 0 Å². The van der Waals surface area contributed by atoms with Crippen LogP contribution in [0.3, 0.4) is 0 Å². The van der Waals surface area contributed by atoms with Crippen LogP contribution in [0.2, 0.25) is 0 Å². The third kappa shape index (κ3) is 1.43. The maximum absolute atomic E-state index is 12.8. The van der Waals surface area contributed by atoms with E-state index in [0.29, 0.717) is 23.6 Å². The van der Waals surface area contributed by atoms with Crippen molar-refractivity contribution in [2.75, 3.05) is 13.1 Å². The third-order valence-electron chi connectivity index (χ3n) is 5.20. The zero-order chi connectivity index (χ0) is 13.3. The van der Waals surface area contributed by atoms with E-state index in [9.17, 15) is 4.79 Å². The van der Waals surface area contributed by atoms with Crippen molar-refractivity contribution in [3.8, 4) is 0 Å². The van der Waals surface area contributed by atoms with Crippen LogP contribution in [0.5, 0.6) is 0 Å². The van der Waals surface area contributed by atoms with E-state index in [-0.39, 0.29) is 5.91 Å². The predicted octanol–water partition coefficient (Wildman–Crippen LogP) is 1.68. The first-order valence-corrected chi connectivity index (χ1v) is 7.64. The summed E-state index contributed by atoms with van der Waals surface area (Å²) in [7, 11) is 0. The van der Waals surface area contributed by atoms with E-state index in [1.165, 1.54) is 25.0 Å². The molecule has 1 aromatic rings. The van der Waals surface area contributed by atoms with E-state index in [4.69, 9.17) is 0 Å². The number of rotatable bonds is 2. The molecule has 4 heterocycles. The molecule has 20 heavy (non-hydrogen) atoms. The molecule has 1 N–H and O–H groups in total. The molecular formula is C15H18N4O. The summed E-state index contributed by atoms with van der Waals surface area (Å²) in [6.45, 7) is 2.15. The van der Waals surface area contributed by atoms with Crippen LogP contribution < -0.4 is 0 Å². The Balaban J connectivity index is 1.47. The van der Waals surface area contributed by atoms with E-state index in [0.717, 1.165) is 25.2 Å². The average molecular weight is 270 g/mol. The molecule has 1 amide bonds. The van der Waals surface area contributed by atoms with Crippen LogP contribution in [0.25, 0.3) is 0 Å². The van der Waals surface area contributed by atoms with Gasteiger partial charge in [0.05, 0.1) is 6.04 Å². The van der Waals surface area contributed by atoms with Crippen molar-refractivity contribution in [1.29, 1.82) is 0 Å². The minimum absolute atomic E-state index is 0.0912. The van der Waals surface area contributed by atoms with Crippen molar-refractivity contribution >= 4 is 5.91 Å². The van der Waals surface area contributed by atoms with Gasteiger partial charge in [-0.05, 0) is 31.7 Å². The number of carbonyl (C=O) groups excluding carboxylic acids is 1. The number of allylic oxidation sites excluding steroid dienone is 1. The molecular weight excluding hydrogens is 252 g/mol. The number of aromatic nitrogens is 2. The van der Waals surface area contributed by atoms with Gasteiger partial charge in [-0.25, -0.2) is 0 Å². The monoisotopic (exact) mass is 270 g/mol. The SMILES string of the molecule is O=C(c1cc(C2CC2)[nH]n1)N1C2=CN3CC[C@H]2C[C@H]1C3. The molecule has 5 rings (SSSR count). The second-order valence-electron chi connectivity index (χ2n) is 6.58. The van der Waals surface area contributed by atoms with Crippen LogP contribution >= 0.6 is 0 Å². The summed E-state index contributed by atoms with van der Waals surface area (Å²) in [5.74, 6) is 1.29. The van der Waals surface area contributed by atoms with E-state index in [1.807, 2.05) is 11.0 Å². The number of H-pyrrole nitrogens is 1. The Morgan fingerprint density at radius 3 is 3.05 bits per heavy atom. The zero-order valence-electron chi connectivity index (χ0n) is 11.4. The second-order valence-corrected chi connectivity index (χ2v) is 6.58. The number of hydrogen-bond donors (Lipinski definition) is 1. The average Bonchev–Trinajstić information content (AvgIpc) is 3.17. The highest BCUT2D eigenvalue weighted by Gasteiger charge is 2.46. The Kier molecular flexibility index (Phi) is 2.00. The van der Waals surface area contributed by atoms with Crippen molar-refractivity contribution in [2.24, 2.45) is 5.92 Å². The van der Waals surface area contributed by atoms with Crippen molar-refractivity contribution in [2.45, 2.75) is 37.6 Å². The van der Waals surface area contributed by atoms with Crippen LogP contribution in [-0.4, -0.2) is 45.0 Å². The normalized spacial score (nSPS) is 30.9. The highest BCUT2D eigenvalue weighted by Crippen LogP contribution is 2.43. The second kappa shape index (κ2) is 3.65. The van der Waals surface area contributed by atoms with Gasteiger partial charge in [0.2, 0.25) is 0 Å². The summed E-state index contributed by atoms with van der Waals surface area (Å²) in [6, 6.07) is 2.32. The summed E-state index contributed by atoms with van der Waals surface area (Å²) >= 11 is 0. The zero-order valence-corrected chi connectivity index (χ0v) is 11.4. The molecule has 1 aromatic heterocycles. The Labute approximate surface area is 117 Å². The molecule has 3 bridgehead atoms. The van der Waals surface area contributed by atoms with Crippen molar-refractivity contribution in [3.05, 3.63) is 29.4 Å². The number of fused-ring (bicyclic) bond motifs is 2. The van der Waals surface area contributed by atoms with E-state index < -0.39 is 0 Å². The molecule has 1 aliphatic carbocycles. The van der Waals surface area contributed by atoms with Gasteiger partial charge in [-0.1, -0.05) is 0 Å². The standard InChI is InChI=1S/C15H18N4O/c20-15(13-6-12(16-17-13)9-1-2-9)19-11-5-10-3-4-18(7-11)8-14(10)19/h6,8-11H,1-5,7H2,(H,16,17)/t10-,11-/m0/s1. The molecule has 4 aliphatic rings. The van der Waals surface area contributed by atoms with Gasteiger partial charge in [-0.15, -0.1) is 0 Å². The fourth-order valence-corrected chi connectivity index (χ4v) is 4.00. The minimum atomic E-state index is 0.0912. The van der Waals surface area contributed by atoms with Crippen LogP contribution in [-0.2, 0) is 0 Å². The molecule has 0 spiro atoms. The fraction of sp³-hybridized carbons (Fsp3) is 0.600. The van der Waals surface area contributed by atoms with E-state index >= 15 is 0 Å². The Bertz CT molecular complexity index is 613. The number of hydrogen-bond acceptors (Lipinski definition) is 3. The minimum Gasteiger partial charge on any atom is -0.374 e. The molecule has 0 radical (unpaired) electrons. The lowest BCUT2D eigenvalue weighted by atomic mass is 9.99. The van der Waals surface area contributed by atoms with Gasteiger partial charge in [-0.3, -0.25) is 9.89 Å². The smallest absolute Gasteiger partial charge is 0.278 e. The Morgan fingerprint density at radius 2 is 2.20 bits per heavy atom. The number of carbonyl (C=O) groups is 1. The molecule has 2 atom stereocenters. The largest absolute Gasteiger partial charge is 0.374 e. The van der Waals surface area contributed by atoms with Crippen LogP contribution in [0.4, 0.5) is 0 Å². The molecule has 1 saturated heterocycles. The van der Waals surface area contributed by atoms with Crippen molar-refractivity contribution in [1.82, 2.24) is 20.0 Å². The lowest BCUT2D eigenvalue weighted by molar-refractivity contribution is 0.0714. The van der Waals surface area contributed by atoms with E-state index in [2.05, 4.69) is 21.3 Å². The first-order chi connectivity index (χ1) is 9.79. The van der Waals surface area contributed by atoms with Crippen LogP contribution in [0.15, 0.2) is 18.0 Å². The summed E-state index contributed by atoms with van der Waals surface area (Å²) in [5.41, 5.74) is 2.96. The van der Waals surface area contributed by atoms with Crippen LogP contribution in [0, 0.1) is 5.92 Å². The highest BCUT2D eigenvalue weighted by molar-refractivity contribution is 5.94. The summed E-state index contributed by atoms with van der Waals surface area (Å²) in [5, 5.41) is 7.30. The molecule has 5 nitrogen and oxygen atoms in total. The molecule has 0 unspecified atom stereocenters. The molecule has 5 heteroatoms. The first-order valence-electron chi connectivity index (χ1n) is 7.64. The first kappa shape index (κ1) is 10.9. The Hall–Kier alpha value is -1.78. The van der Waals surface area contributed by atoms with Crippen molar-refractivity contribution < 1.29 is 4.79 Å². The summed E-state index contributed by atoms with van der Waals surface area (Å²) in [6.07, 6.45) is 6.98. The predicted molar refractivity (Wildman–Crippen MR) is 72.9 cm³/mol. The topological polar surface area (TPSA) is 52.2 Å². The Morgan fingerprint density at radius 1 is 1.30 bits per heavy atom. The van der Waals surface area contributed by atoms with E-state index in [1.54, 1.807) is 0 Å². The number of amides is 1. The molecule has 2 fully saturated rings. The third-order valence-corrected chi connectivity index (χ3v) is 5.20. The van der Waals surface area contributed by atoms with Gasteiger partial charge in [0, 0.05) is 42.5 Å². The molecule has 0 aromatic carbocycles. The molecule has 1 saturated carbocycles. The van der Waals surface area contributed by atoms with Gasteiger partial charge in [0.15, 0.2) is 5.69 Å². The molecule has 104 valence electrons. The highest BCUT2D eigenvalue weighted by atomic mass is 16.2. The van der Waals surface area contributed by atoms with Gasteiger partial charge >= 0.3 is 0 Å². The lowest BCUT2D eigenvalue weighted by Crippen LogP contribution is -2.46. The van der Waals surface area contributed by atoms with Gasteiger partial charge in [0.25, 0.3) is 5.91 Å². The number of nitrogens with zero attached hydrogens (tertiary/aromatic N) is 3. The maximum atomic E-state index is 12.8. The lowest BCUT2D eigenvalue weighted by Gasteiger charge is -2.38. The summed E-state index contributed by atoms with van der Waals surface area (Å²) in [4.78, 5) is 17.2. The number of aromatic amines is 1. The quantitative estimate of drug-likeness (QED) is 0.889. The molecule has 3 aliphatic heterocycles. The summed E-state index contributed by atoms with van der Waals surface area (Å²) < 4.78 is 0. The fourth-order valence-electron chi connectivity index (χ4n) is 4.00. The van der Waals surface area contributed by atoms with Crippen LogP contribution in [0.1, 0.15) is 47.8 Å². The number of nitrogens with one attached hydrogen (secondary N) is 1. The maximum Gasteiger partial charge on any atom is 0.278 e.